The summed E-state index contributed by atoms with van der Waals surface area (Å²) in [5, 5.41) is 3.62. The van der Waals surface area contributed by atoms with E-state index in [1.165, 1.54) is 25.7 Å². The van der Waals surface area contributed by atoms with Gasteiger partial charge < -0.3 is 4.90 Å². The third-order valence-corrected chi connectivity index (χ3v) is 5.26. The van der Waals surface area contributed by atoms with Gasteiger partial charge >= 0.3 is 0 Å². The molecule has 0 aromatic carbocycles. The number of hydrogen-bond donors (Lipinski definition) is 1. The van der Waals surface area contributed by atoms with Crippen LogP contribution in [0.3, 0.4) is 0 Å². The Labute approximate surface area is 130 Å². The van der Waals surface area contributed by atoms with Crippen LogP contribution in [0, 0.1) is 11.3 Å². The number of nitrogens with one attached hydrogen (secondary N) is 1. The maximum atomic E-state index is 12.8. The highest BCUT2D eigenvalue weighted by molar-refractivity contribution is 5.84. The van der Waals surface area contributed by atoms with E-state index in [0.717, 1.165) is 19.3 Å². The third-order valence-electron chi connectivity index (χ3n) is 5.26. The highest BCUT2D eigenvalue weighted by Crippen LogP contribution is 2.38. The molecule has 1 saturated carbocycles. The Hall–Kier alpha value is -0.570. The molecule has 0 bridgehead atoms. The topological polar surface area (TPSA) is 32.3 Å². The first-order chi connectivity index (χ1) is 9.84. The molecule has 2 fully saturated rings. The number of nitrogens with zero attached hydrogens (tertiary/aromatic N) is 1. The van der Waals surface area contributed by atoms with E-state index in [0.29, 0.717) is 23.3 Å². The van der Waals surface area contributed by atoms with Crippen LogP contribution < -0.4 is 5.32 Å². The summed E-state index contributed by atoms with van der Waals surface area (Å²) in [6.45, 7) is 11.4. The van der Waals surface area contributed by atoms with E-state index < -0.39 is 0 Å². The van der Waals surface area contributed by atoms with E-state index in [2.05, 4.69) is 44.8 Å². The lowest BCUT2D eigenvalue weighted by Gasteiger charge is -2.41. The molecule has 1 aliphatic carbocycles. The molecular formula is C18H34N2O. The van der Waals surface area contributed by atoms with E-state index in [1.807, 2.05) is 0 Å². The van der Waals surface area contributed by atoms with Crippen LogP contribution in [0.1, 0.15) is 79.6 Å². The molecule has 2 rings (SSSR count). The molecule has 3 heteroatoms. The summed E-state index contributed by atoms with van der Waals surface area (Å²) in [4.78, 5) is 15.0. The molecule has 2 atom stereocenters. The minimum absolute atomic E-state index is 0.0636. The zero-order chi connectivity index (χ0) is 15.6. The smallest absolute Gasteiger partial charge is 0.241 e. The average molecular weight is 294 g/mol. The molecule has 1 N–H and O–H groups in total. The minimum Gasteiger partial charge on any atom is -0.323 e. The molecular weight excluding hydrogens is 260 g/mol. The van der Waals surface area contributed by atoms with E-state index >= 15 is 0 Å². The number of amides is 1. The minimum atomic E-state index is 0.0636. The Morgan fingerprint density at radius 2 is 1.90 bits per heavy atom. The Bertz CT molecular complexity index is 354. The van der Waals surface area contributed by atoms with Crippen molar-refractivity contribution in [2.75, 3.05) is 0 Å². The van der Waals surface area contributed by atoms with Gasteiger partial charge in [-0.05, 0) is 49.9 Å². The number of carbonyl (C=O) groups is 1. The van der Waals surface area contributed by atoms with Crippen molar-refractivity contribution in [1.82, 2.24) is 10.2 Å². The fraction of sp³-hybridized carbons (Fsp3) is 0.944. The fourth-order valence-electron chi connectivity index (χ4n) is 3.94. The first kappa shape index (κ1) is 16.8. The van der Waals surface area contributed by atoms with Crippen LogP contribution in [-0.2, 0) is 4.79 Å². The monoisotopic (exact) mass is 294 g/mol. The largest absolute Gasteiger partial charge is 0.323 e. The van der Waals surface area contributed by atoms with Crippen molar-refractivity contribution in [1.29, 1.82) is 0 Å². The molecule has 0 aromatic rings. The molecule has 0 aromatic heterocycles. The lowest BCUT2D eigenvalue weighted by molar-refractivity contribution is -0.133. The SMILES string of the molecule is CCCC1NC(CC(C)C)N(C2CCC(C)(C)CC2)C1=O. The number of rotatable bonds is 5. The van der Waals surface area contributed by atoms with Gasteiger partial charge in [-0.1, -0.05) is 41.0 Å². The predicted octanol–water partition coefficient (Wildman–Crippen LogP) is 3.93. The third kappa shape index (κ3) is 4.00. The van der Waals surface area contributed by atoms with Crippen molar-refractivity contribution in [2.45, 2.75) is 97.8 Å². The molecule has 2 aliphatic rings. The van der Waals surface area contributed by atoms with Crippen molar-refractivity contribution in [3.05, 3.63) is 0 Å². The van der Waals surface area contributed by atoms with Crippen LogP contribution >= 0.6 is 0 Å². The quantitative estimate of drug-likeness (QED) is 0.833. The number of carbonyl (C=O) groups excluding carboxylic acids is 1. The lowest BCUT2D eigenvalue weighted by atomic mass is 9.75. The summed E-state index contributed by atoms with van der Waals surface area (Å²) in [6, 6.07) is 0.525. The van der Waals surface area contributed by atoms with Gasteiger partial charge in [-0.2, -0.15) is 0 Å². The van der Waals surface area contributed by atoms with E-state index in [1.54, 1.807) is 0 Å². The van der Waals surface area contributed by atoms with Crippen LogP contribution in [0.2, 0.25) is 0 Å². The molecule has 122 valence electrons. The Morgan fingerprint density at radius 1 is 1.29 bits per heavy atom. The van der Waals surface area contributed by atoms with Gasteiger partial charge in [-0.25, -0.2) is 0 Å². The Balaban J connectivity index is 2.07. The molecule has 1 saturated heterocycles. The average Bonchev–Trinajstić information content (AvgIpc) is 2.67. The normalized spacial score (nSPS) is 30.4. The molecule has 0 spiro atoms. The van der Waals surface area contributed by atoms with Gasteiger partial charge in [0.2, 0.25) is 5.91 Å². The first-order valence-electron chi connectivity index (χ1n) is 8.92. The van der Waals surface area contributed by atoms with Crippen LogP contribution in [0.4, 0.5) is 0 Å². The van der Waals surface area contributed by atoms with Gasteiger partial charge in [-0.3, -0.25) is 10.1 Å². The van der Waals surface area contributed by atoms with Crippen molar-refractivity contribution in [3.63, 3.8) is 0 Å². The van der Waals surface area contributed by atoms with Crippen LogP contribution in [0.5, 0.6) is 0 Å². The zero-order valence-corrected chi connectivity index (χ0v) is 14.6. The van der Waals surface area contributed by atoms with Gasteiger partial charge in [0, 0.05) is 6.04 Å². The number of hydrogen-bond acceptors (Lipinski definition) is 2. The van der Waals surface area contributed by atoms with Gasteiger partial charge in [0.15, 0.2) is 0 Å². The Morgan fingerprint density at radius 3 is 2.43 bits per heavy atom. The summed E-state index contributed by atoms with van der Waals surface area (Å²) in [5.41, 5.74) is 0.461. The Kier molecular flexibility index (Phi) is 5.34. The van der Waals surface area contributed by atoms with Crippen molar-refractivity contribution in [3.8, 4) is 0 Å². The molecule has 1 amide bonds. The summed E-state index contributed by atoms with van der Waals surface area (Å²) < 4.78 is 0. The molecule has 1 aliphatic heterocycles. The first-order valence-corrected chi connectivity index (χ1v) is 8.92. The van der Waals surface area contributed by atoms with E-state index in [4.69, 9.17) is 0 Å². The molecule has 0 radical (unpaired) electrons. The standard InChI is InChI=1S/C18H34N2O/c1-6-7-15-17(21)20(16(19-15)12-13(2)3)14-8-10-18(4,5)11-9-14/h13-16,19H,6-12H2,1-5H3. The van der Waals surface area contributed by atoms with Gasteiger partial charge in [0.05, 0.1) is 12.2 Å². The van der Waals surface area contributed by atoms with Gasteiger partial charge in [0.25, 0.3) is 0 Å². The van der Waals surface area contributed by atoms with Gasteiger partial charge in [-0.15, -0.1) is 0 Å². The van der Waals surface area contributed by atoms with Crippen LogP contribution in [0.25, 0.3) is 0 Å². The summed E-state index contributed by atoms with van der Waals surface area (Å²) in [6.07, 6.45) is 8.22. The molecule has 2 unspecified atom stereocenters. The summed E-state index contributed by atoms with van der Waals surface area (Å²) in [7, 11) is 0. The molecule has 3 nitrogen and oxygen atoms in total. The van der Waals surface area contributed by atoms with Crippen LogP contribution in [-0.4, -0.2) is 29.1 Å². The second kappa shape index (κ2) is 6.68. The second-order valence-corrected chi connectivity index (χ2v) is 8.29. The highest BCUT2D eigenvalue weighted by Gasteiger charge is 2.43. The predicted molar refractivity (Wildman–Crippen MR) is 88.0 cm³/mol. The molecule has 21 heavy (non-hydrogen) atoms. The van der Waals surface area contributed by atoms with Crippen molar-refractivity contribution in [2.24, 2.45) is 11.3 Å². The maximum absolute atomic E-state index is 12.8. The summed E-state index contributed by atoms with van der Waals surface area (Å²) in [5.74, 6) is 0.991. The van der Waals surface area contributed by atoms with Gasteiger partial charge in [0.1, 0.15) is 0 Å². The van der Waals surface area contributed by atoms with Crippen LogP contribution in [0.15, 0.2) is 0 Å². The second-order valence-electron chi connectivity index (χ2n) is 8.29. The lowest BCUT2D eigenvalue weighted by Crippen LogP contribution is -2.47. The maximum Gasteiger partial charge on any atom is 0.241 e. The van der Waals surface area contributed by atoms with Crippen molar-refractivity contribution < 1.29 is 4.79 Å². The highest BCUT2D eigenvalue weighted by atomic mass is 16.2. The molecule has 1 heterocycles. The zero-order valence-electron chi connectivity index (χ0n) is 14.6. The summed E-state index contributed by atoms with van der Waals surface area (Å²) >= 11 is 0. The van der Waals surface area contributed by atoms with Crippen molar-refractivity contribution >= 4 is 5.91 Å². The fourth-order valence-corrected chi connectivity index (χ4v) is 3.94. The van der Waals surface area contributed by atoms with E-state index in [-0.39, 0.29) is 12.2 Å². The van der Waals surface area contributed by atoms with E-state index in [9.17, 15) is 4.79 Å².